The summed E-state index contributed by atoms with van der Waals surface area (Å²) in [5, 5.41) is 6.47. The van der Waals surface area contributed by atoms with Crippen molar-refractivity contribution in [2.45, 2.75) is 13.3 Å². The predicted molar refractivity (Wildman–Crippen MR) is 87.6 cm³/mol. The first-order valence-corrected chi connectivity index (χ1v) is 7.54. The first kappa shape index (κ1) is 14.0. The number of rotatable bonds is 3. The quantitative estimate of drug-likeness (QED) is 0.672. The highest BCUT2D eigenvalue weighted by Crippen LogP contribution is 2.21. The van der Waals surface area contributed by atoms with Gasteiger partial charge in [-0.05, 0) is 42.0 Å². The van der Waals surface area contributed by atoms with Crippen molar-refractivity contribution in [2.75, 3.05) is 0 Å². The molecule has 106 valence electrons. The zero-order valence-electron chi connectivity index (χ0n) is 11.9. The average Bonchev–Trinajstić information content (AvgIpc) is 2.76. The number of carbonyl (C=O) groups is 1. The summed E-state index contributed by atoms with van der Waals surface area (Å²) < 4.78 is 2.81. The largest absolute Gasteiger partial charge is 0.294 e. The summed E-state index contributed by atoms with van der Waals surface area (Å²) in [6, 6.07) is 13.8. The van der Waals surface area contributed by atoms with Gasteiger partial charge in [-0.1, -0.05) is 34.1 Å². The summed E-state index contributed by atoms with van der Waals surface area (Å²) in [4.78, 5) is 12.4. The number of fused-ring (bicyclic) bond motifs is 1. The summed E-state index contributed by atoms with van der Waals surface area (Å²) in [6.45, 7) is 1.93. The second-order valence-electron chi connectivity index (χ2n) is 5.21. The Morgan fingerprint density at radius 2 is 1.86 bits per heavy atom. The third-order valence-corrected chi connectivity index (χ3v) is 4.06. The number of ketones is 1. The molecule has 2 aromatic carbocycles. The molecule has 0 aliphatic carbocycles. The van der Waals surface area contributed by atoms with Gasteiger partial charge in [-0.25, -0.2) is 0 Å². The molecule has 0 aliphatic heterocycles. The minimum atomic E-state index is 0.114. The van der Waals surface area contributed by atoms with E-state index in [0.717, 1.165) is 32.2 Å². The lowest BCUT2D eigenvalue weighted by Crippen LogP contribution is -2.07. The van der Waals surface area contributed by atoms with E-state index in [1.54, 1.807) is 4.68 Å². The Labute approximate surface area is 131 Å². The third-order valence-electron chi connectivity index (χ3n) is 3.56. The standard InChI is InChI=1S/C17H15BrN2O/c1-11-7-16(20(2)19-11)10-17(21)14-4-3-13-9-15(18)6-5-12(13)8-14/h3-9H,10H2,1-2H3. The van der Waals surface area contributed by atoms with E-state index in [0.29, 0.717) is 6.42 Å². The van der Waals surface area contributed by atoms with E-state index in [1.807, 2.05) is 56.4 Å². The van der Waals surface area contributed by atoms with Crippen LogP contribution in [0.2, 0.25) is 0 Å². The molecular formula is C17H15BrN2O. The zero-order chi connectivity index (χ0) is 15.0. The molecule has 0 spiro atoms. The van der Waals surface area contributed by atoms with Gasteiger partial charge in [-0.2, -0.15) is 5.10 Å². The molecule has 3 rings (SSSR count). The van der Waals surface area contributed by atoms with E-state index in [-0.39, 0.29) is 5.78 Å². The molecule has 0 amide bonds. The summed E-state index contributed by atoms with van der Waals surface area (Å²) in [7, 11) is 1.87. The van der Waals surface area contributed by atoms with Crippen LogP contribution in [0.25, 0.3) is 10.8 Å². The monoisotopic (exact) mass is 342 g/mol. The van der Waals surface area contributed by atoms with Crippen LogP contribution in [0.15, 0.2) is 46.9 Å². The lowest BCUT2D eigenvalue weighted by Gasteiger charge is -2.04. The highest BCUT2D eigenvalue weighted by Gasteiger charge is 2.11. The maximum atomic E-state index is 12.4. The normalized spacial score (nSPS) is 11.0. The highest BCUT2D eigenvalue weighted by atomic mass is 79.9. The maximum absolute atomic E-state index is 12.4. The minimum absolute atomic E-state index is 0.114. The fraction of sp³-hybridized carbons (Fsp3) is 0.176. The number of carbonyl (C=O) groups excluding carboxylic acids is 1. The third kappa shape index (κ3) is 2.90. The Kier molecular flexibility index (Phi) is 3.64. The Bertz CT molecular complexity index is 836. The molecular weight excluding hydrogens is 328 g/mol. The van der Waals surface area contributed by atoms with E-state index < -0.39 is 0 Å². The van der Waals surface area contributed by atoms with Crippen LogP contribution < -0.4 is 0 Å². The minimum Gasteiger partial charge on any atom is -0.294 e. The van der Waals surface area contributed by atoms with Crippen molar-refractivity contribution >= 4 is 32.5 Å². The predicted octanol–water partition coefficient (Wildman–Crippen LogP) is 4.07. The van der Waals surface area contributed by atoms with Gasteiger partial charge in [0, 0.05) is 22.8 Å². The molecule has 0 aliphatic rings. The van der Waals surface area contributed by atoms with Crippen molar-refractivity contribution in [3.05, 3.63) is 63.9 Å². The van der Waals surface area contributed by atoms with Crippen LogP contribution in [0, 0.1) is 6.92 Å². The molecule has 0 bridgehead atoms. The van der Waals surface area contributed by atoms with Crippen LogP contribution in [0.3, 0.4) is 0 Å². The van der Waals surface area contributed by atoms with Crippen LogP contribution in [0.4, 0.5) is 0 Å². The Balaban J connectivity index is 1.91. The van der Waals surface area contributed by atoms with Crippen molar-refractivity contribution in [3.63, 3.8) is 0 Å². The molecule has 3 aromatic rings. The summed E-state index contributed by atoms with van der Waals surface area (Å²) in [5.74, 6) is 0.114. The van der Waals surface area contributed by atoms with Gasteiger partial charge >= 0.3 is 0 Å². The molecule has 0 N–H and O–H groups in total. The average molecular weight is 343 g/mol. The number of halogens is 1. The molecule has 0 saturated carbocycles. The van der Waals surface area contributed by atoms with Crippen LogP contribution in [0.1, 0.15) is 21.7 Å². The second-order valence-corrected chi connectivity index (χ2v) is 6.12. The van der Waals surface area contributed by atoms with Gasteiger partial charge in [0.25, 0.3) is 0 Å². The van der Waals surface area contributed by atoms with Crippen molar-refractivity contribution in [2.24, 2.45) is 7.05 Å². The maximum Gasteiger partial charge on any atom is 0.168 e. The van der Waals surface area contributed by atoms with E-state index in [1.165, 1.54) is 0 Å². The van der Waals surface area contributed by atoms with Crippen molar-refractivity contribution in [3.8, 4) is 0 Å². The number of nitrogens with zero attached hydrogens (tertiary/aromatic N) is 2. The van der Waals surface area contributed by atoms with E-state index in [4.69, 9.17) is 0 Å². The Hall–Kier alpha value is -1.94. The smallest absolute Gasteiger partial charge is 0.168 e. The molecule has 0 saturated heterocycles. The summed E-state index contributed by atoms with van der Waals surface area (Å²) in [6.07, 6.45) is 0.374. The van der Waals surface area contributed by atoms with Gasteiger partial charge in [-0.3, -0.25) is 9.48 Å². The molecule has 1 aromatic heterocycles. The number of aromatic nitrogens is 2. The SMILES string of the molecule is Cc1cc(CC(=O)c2ccc3cc(Br)ccc3c2)n(C)n1. The van der Waals surface area contributed by atoms with Crippen molar-refractivity contribution in [1.82, 2.24) is 9.78 Å². The molecule has 21 heavy (non-hydrogen) atoms. The van der Waals surface area contributed by atoms with Crippen LogP contribution in [-0.4, -0.2) is 15.6 Å². The first-order valence-electron chi connectivity index (χ1n) is 6.75. The fourth-order valence-corrected chi connectivity index (χ4v) is 2.87. The van der Waals surface area contributed by atoms with Gasteiger partial charge in [0.05, 0.1) is 12.1 Å². The molecule has 3 nitrogen and oxygen atoms in total. The van der Waals surface area contributed by atoms with Crippen molar-refractivity contribution < 1.29 is 4.79 Å². The highest BCUT2D eigenvalue weighted by molar-refractivity contribution is 9.10. The topological polar surface area (TPSA) is 34.9 Å². The molecule has 0 atom stereocenters. The van der Waals surface area contributed by atoms with Gasteiger partial charge in [0.15, 0.2) is 5.78 Å². The molecule has 4 heteroatoms. The zero-order valence-corrected chi connectivity index (χ0v) is 13.5. The van der Waals surface area contributed by atoms with E-state index in [2.05, 4.69) is 21.0 Å². The Morgan fingerprint density at radius 3 is 2.57 bits per heavy atom. The van der Waals surface area contributed by atoms with Gasteiger partial charge < -0.3 is 0 Å². The second kappa shape index (κ2) is 5.45. The van der Waals surface area contributed by atoms with Crippen molar-refractivity contribution in [1.29, 1.82) is 0 Å². The fourth-order valence-electron chi connectivity index (χ4n) is 2.49. The number of aryl methyl sites for hydroxylation is 2. The van der Waals surface area contributed by atoms with Crippen LogP contribution in [0.5, 0.6) is 0 Å². The Morgan fingerprint density at radius 1 is 1.14 bits per heavy atom. The van der Waals surface area contributed by atoms with E-state index >= 15 is 0 Å². The van der Waals surface area contributed by atoms with E-state index in [9.17, 15) is 4.79 Å². The number of hydrogen-bond acceptors (Lipinski definition) is 2. The number of Topliss-reactive ketones (excluding diaryl/α,β-unsaturated/α-hetero) is 1. The lowest BCUT2D eigenvalue weighted by atomic mass is 10.0. The molecule has 1 heterocycles. The van der Waals surface area contributed by atoms with Crippen LogP contribution >= 0.6 is 15.9 Å². The molecule has 0 radical (unpaired) electrons. The van der Waals surface area contributed by atoms with Gasteiger partial charge in [0.2, 0.25) is 0 Å². The van der Waals surface area contributed by atoms with Gasteiger partial charge in [-0.15, -0.1) is 0 Å². The summed E-state index contributed by atoms with van der Waals surface area (Å²) >= 11 is 3.46. The summed E-state index contributed by atoms with van der Waals surface area (Å²) in [5.41, 5.74) is 2.61. The first-order chi connectivity index (χ1) is 10.0. The molecule has 0 unspecified atom stereocenters. The van der Waals surface area contributed by atoms with Crippen LogP contribution in [-0.2, 0) is 13.5 Å². The lowest BCUT2D eigenvalue weighted by molar-refractivity contribution is 0.0991. The van der Waals surface area contributed by atoms with Gasteiger partial charge in [0.1, 0.15) is 0 Å². The molecule has 0 fully saturated rings. The number of hydrogen-bond donors (Lipinski definition) is 0. The number of benzene rings is 2.